The monoisotopic (exact) mass is 346 g/mol. The summed E-state index contributed by atoms with van der Waals surface area (Å²) in [6.45, 7) is 0. The number of phenolic OH excluding ortho intramolecular Hbond substituents is 2. The minimum absolute atomic E-state index is 0.224. The number of nitrogens with zero attached hydrogens (tertiary/aromatic N) is 1. The van der Waals surface area contributed by atoms with Crippen molar-refractivity contribution >= 4 is 18.6 Å². The highest BCUT2D eigenvalue weighted by Gasteiger charge is 2.20. The zero-order chi connectivity index (χ0) is 18.4. The summed E-state index contributed by atoms with van der Waals surface area (Å²) in [6.07, 6.45) is 3.13. The molecule has 1 heterocycles. The fourth-order valence-electron chi connectivity index (χ4n) is 2.56. The molecule has 0 bridgehead atoms. The molecule has 0 aliphatic carbocycles. The first-order valence-corrected chi connectivity index (χ1v) is 8.13. The Morgan fingerprint density at radius 2 is 1.73 bits per heavy atom. The zero-order valence-electron chi connectivity index (χ0n) is 13.9. The van der Waals surface area contributed by atoms with Gasteiger partial charge in [0, 0.05) is 18.8 Å². The average Bonchev–Trinajstić information content (AvgIpc) is 2.65. The van der Waals surface area contributed by atoms with Crippen molar-refractivity contribution in [1.29, 1.82) is 0 Å². The average molecular weight is 346 g/mol. The first-order chi connectivity index (χ1) is 12.6. The van der Waals surface area contributed by atoms with Gasteiger partial charge in [0.15, 0.2) is 11.5 Å². The molecule has 0 saturated heterocycles. The number of hydrogen-bond donors (Lipinski definition) is 2. The van der Waals surface area contributed by atoms with Crippen molar-refractivity contribution < 1.29 is 19.7 Å². The Morgan fingerprint density at radius 1 is 1.00 bits per heavy atom. The molecule has 0 fully saturated rings. The number of carbonyl (C=O) groups excluding carboxylic acids is 1. The van der Waals surface area contributed by atoms with Crippen molar-refractivity contribution in [2.45, 2.75) is 12.5 Å². The van der Waals surface area contributed by atoms with E-state index in [1.54, 1.807) is 18.5 Å². The maximum Gasteiger partial charge on any atom is 0.299 e. The summed E-state index contributed by atoms with van der Waals surface area (Å²) in [5.74, 6) is -0.966. The van der Waals surface area contributed by atoms with Gasteiger partial charge in [0.05, 0.1) is 0 Å². The fourth-order valence-corrected chi connectivity index (χ4v) is 2.56. The van der Waals surface area contributed by atoms with Gasteiger partial charge in [0.25, 0.3) is 13.1 Å². The van der Waals surface area contributed by atoms with E-state index in [9.17, 15) is 15.0 Å². The summed E-state index contributed by atoms with van der Waals surface area (Å²) in [6, 6.07) is 17.2. The van der Waals surface area contributed by atoms with Crippen molar-refractivity contribution in [1.82, 2.24) is 4.98 Å². The summed E-state index contributed by atoms with van der Waals surface area (Å²) < 4.78 is 5.63. The number of ether oxygens (including phenoxy) is 1. The smallest absolute Gasteiger partial charge is 0.299 e. The molecule has 1 atom stereocenters. The SMILES string of the molecule is O=C([B]c1ccccc1)O[C@H](Cc1ccncc1)c1ccc(O)c(O)c1. The van der Waals surface area contributed by atoms with Crippen LogP contribution in [0.4, 0.5) is 4.79 Å². The van der Waals surface area contributed by atoms with Crippen molar-refractivity contribution in [2.24, 2.45) is 0 Å². The van der Waals surface area contributed by atoms with Crippen molar-refractivity contribution in [3.8, 4) is 11.5 Å². The van der Waals surface area contributed by atoms with E-state index in [0.29, 0.717) is 12.0 Å². The minimum atomic E-state index is -0.614. The molecule has 2 N–H and O–H groups in total. The summed E-state index contributed by atoms with van der Waals surface area (Å²) in [5, 5.41) is 19.3. The molecule has 0 aliphatic rings. The van der Waals surface area contributed by atoms with Gasteiger partial charge in [-0.05, 0) is 35.4 Å². The number of pyridine rings is 1. The quantitative estimate of drug-likeness (QED) is 0.530. The lowest BCUT2D eigenvalue weighted by molar-refractivity contribution is 0.121. The minimum Gasteiger partial charge on any atom is -0.504 e. The van der Waals surface area contributed by atoms with Crippen LogP contribution in [0.2, 0.25) is 0 Å². The zero-order valence-corrected chi connectivity index (χ0v) is 13.9. The van der Waals surface area contributed by atoms with Crippen molar-refractivity contribution in [2.75, 3.05) is 0 Å². The van der Waals surface area contributed by atoms with Crippen LogP contribution in [0.5, 0.6) is 11.5 Å². The Bertz CT molecular complexity index is 871. The van der Waals surface area contributed by atoms with E-state index in [0.717, 1.165) is 11.0 Å². The van der Waals surface area contributed by atoms with Crippen LogP contribution in [0.1, 0.15) is 17.2 Å². The van der Waals surface area contributed by atoms with Crippen LogP contribution in [0, 0.1) is 0 Å². The Balaban J connectivity index is 1.80. The second-order valence-corrected chi connectivity index (χ2v) is 5.79. The highest BCUT2D eigenvalue weighted by Crippen LogP contribution is 2.31. The van der Waals surface area contributed by atoms with Crippen LogP contribution in [0.15, 0.2) is 73.1 Å². The van der Waals surface area contributed by atoms with Crippen LogP contribution >= 0.6 is 0 Å². The first kappa shape index (κ1) is 17.5. The summed E-state index contributed by atoms with van der Waals surface area (Å²) >= 11 is 0. The summed E-state index contributed by atoms with van der Waals surface area (Å²) in [5.41, 5.74) is 2.27. The lowest BCUT2D eigenvalue weighted by Crippen LogP contribution is -2.26. The molecule has 0 unspecified atom stereocenters. The van der Waals surface area contributed by atoms with Gasteiger partial charge in [-0.2, -0.15) is 0 Å². The van der Waals surface area contributed by atoms with Gasteiger partial charge in [0.1, 0.15) is 6.10 Å². The van der Waals surface area contributed by atoms with E-state index < -0.39 is 12.0 Å². The third-order valence-corrected chi connectivity index (χ3v) is 3.88. The van der Waals surface area contributed by atoms with E-state index in [4.69, 9.17) is 4.74 Å². The van der Waals surface area contributed by atoms with Crippen molar-refractivity contribution in [3.05, 3.63) is 84.2 Å². The largest absolute Gasteiger partial charge is 0.504 e. The molecule has 129 valence electrons. The van der Waals surface area contributed by atoms with E-state index in [1.165, 1.54) is 19.4 Å². The molecule has 0 spiro atoms. The molecule has 6 heteroatoms. The molecular weight excluding hydrogens is 329 g/mol. The Hall–Kier alpha value is -3.28. The summed E-state index contributed by atoms with van der Waals surface area (Å²) in [4.78, 5) is 16.3. The third kappa shape index (κ3) is 4.63. The number of phenols is 2. The van der Waals surface area contributed by atoms with Gasteiger partial charge in [-0.3, -0.25) is 9.78 Å². The second-order valence-electron chi connectivity index (χ2n) is 5.79. The highest BCUT2D eigenvalue weighted by molar-refractivity contribution is 6.82. The predicted octanol–water partition coefficient (Wildman–Crippen LogP) is 2.94. The fraction of sp³-hybridized carbons (Fsp3) is 0.100. The van der Waals surface area contributed by atoms with Gasteiger partial charge in [-0.25, -0.2) is 0 Å². The third-order valence-electron chi connectivity index (χ3n) is 3.88. The molecule has 5 nitrogen and oxygen atoms in total. The molecular formula is C20H17BNO4. The highest BCUT2D eigenvalue weighted by atomic mass is 16.5. The van der Waals surface area contributed by atoms with E-state index in [2.05, 4.69) is 4.98 Å². The molecule has 0 amide bonds. The van der Waals surface area contributed by atoms with E-state index in [-0.39, 0.29) is 11.5 Å². The van der Waals surface area contributed by atoms with E-state index in [1.807, 2.05) is 42.5 Å². The Morgan fingerprint density at radius 3 is 2.42 bits per heavy atom. The topological polar surface area (TPSA) is 79.7 Å². The number of carbonyl (C=O) groups is 1. The normalized spacial score (nSPS) is 11.5. The number of benzene rings is 2. The van der Waals surface area contributed by atoms with Crippen LogP contribution < -0.4 is 5.46 Å². The lowest BCUT2D eigenvalue weighted by atomic mass is 9.70. The Labute approximate surface area is 152 Å². The van der Waals surface area contributed by atoms with Crippen LogP contribution in [0.3, 0.4) is 0 Å². The molecule has 1 aromatic heterocycles. The lowest BCUT2D eigenvalue weighted by Gasteiger charge is -2.19. The van der Waals surface area contributed by atoms with Crippen LogP contribution in [0.25, 0.3) is 0 Å². The van der Waals surface area contributed by atoms with Gasteiger partial charge in [-0.15, -0.1) is 0 Å². The van der Waals surface area contributed by atoms with Crippen LogP contribution in [-0.4, -0.2) is 28.3 Å². The second kappa shape index (κ2) is 8.20. The predicted molar refractivity (Wildman–Crippen MR) is 98.8 cm³/mol. The molecule has 0 aliphatic heterocycles. The number of rotatable bonds is 6. The molecule has 26 heavy (non-hydrogen) atoms. The van der Waals surface area contributed by atoms with Gasteiger partial charge < -0.3 is 14.9 Å². The maximum atomic E-state index is 12.3. The number of aromatic hydroxyl groups is 2. The number of hydrogen-bond acceptors (Lipinski definition) is 5. The summed E-state index contributed by atoms with van der Waals surface area (Å²) in [7, 11) is 1.42. The van der Waals surface area contributed by atoms with Gasteiger partial charge >= 0.3 is 0 Å². The standard InChI is InChI=1S/C20H17BNO4/c23-17-7-6-15(13-18(17)24)19(12-14-8-10-22-11-9-14)26-20(25)21-16-4-2-1-3-5-16/h1-11,13,19,23-24H,12H2/t19-/m1/s1. The Kier molecular flexibility index (Phi) is 5.54. The van der Waals surface area contributed by atoms with Crippen molar-refractivity contribution in [3.63, 3.8) is 0 Å². The van der Waals surface area contributed by atoms with Gasteiger partial charge in [0.2, 0.25) is 0 Å². The van der Waals surface area contributed by atoms with E-state index >= 15 is 0 Å². The molecule has 0 saturated carbocycles. The molecule has 3 aromatic rings. The molecule has 3 rings (SSSR count). The number of aromatic nitrogens is 1. The maximum absolute atomic E-state index is 12.3. The van der Waals surface area contributed by atoms with Gasteiger partial charge in [-0.1, -0.05) is 41.9 Å². The van der Waals surface area contributed by atoms with Crippen LogP contribution in [-0.2, 0) is 11.2 Å². The first-order valence-electron chi connectivity index (χ1n) is 8.13. The molecule has 1 radical (unpaired) electrons. The molecule has 2 aromatic carbocycles.